The first-order valence-electron chi connectivity index (χ1n) is 5.28. The normalized spacial score (nSPS) is 20.0. The summed E-state index contributed by atoms with van der Waals surface area (Å²) in [6.45, 7) is 7.09. The van der Waals surface area contributed by atoms with Crippen LogP contribution in [0.1, 0.15) is 53.4 Å². The van der Waals surface area contributed by atoms with Crippen LogP contribution in [0.3, 0.4) is 0 Å². The summed E-state index contributed by atoms with van der Waals surface area (Å²) in [7, 11) is -3.33. The van der Waals surface area contributed by atoms with Gasteiger partial charge in [-0.25, -0.2) is 0 Å². The van der Waals surface area contributed by atoms with Crippen LogP contribution in [0.2, 0.25) is 0 Å². The lowest BCUT2D eigenvalue weighted by Crippen LogP contribution is -2.31. The highest BCUT2D eigenvalue weighted by Crippen LogP contribution is 2.46. The summed E-state index contributed by atoms with van der Waals surface area (Å²) >= 11 is 0. The first-order chi connectivity index (χ1) is 6.74. The van der Waals surface area contributed by atoms with Gasteiger partial charge in [-0.05, 0) is 39.5 Å². The second-order valence-electron chi connectivity index (χ2n) is 4.45. The number of rotatable bonds is 7. The lowest BCUT2D eigenvalue weighted by Gasteiger charge is -2.31. The molecule has 1 N–H and O–H groups in total. The summed E-state index contributed by atoms with van der Waals surface area (Å²) in [5.74, 6) is 0. The number of halogens is 2. The largest absolute Gasteiger partial charge is 0.415 e. The Morgan fingerprint density at radius 1 is 1.13 bits per heavy atom. The summed E-state index contributed by atoms with van der Waals surface area (Å²) in [5, 5.41) is 9.78. The summed E-state index contributed by atoms with van der Waals surface area (Å²) in [6.07, 6.45) is 2.08. The molecule has 2 atom stereocenters. The van der Waals surface area contributed by atoms with Gasteiger partial charge in [-0.2, -0.15) is 8.39 Å². The maximum Gasteiger partial charge on any atom is 0.415 e. The fourth-order valence-electron chi connectivity index (χ4n) is 1.16. The Hall–Kier alpha value is 0.210. The van der Waals surface area contributed by atoms with Crippen molar-refractivity contribution >= 4 is 8.77 Å². The molecule has 2 nitrogen and oxygen atoms in total. The smallest absolute Gasteiger partial charge is 0.390 e. The molecule has 0 saturated heterocycles. The lowest BCUT2D eigenvalue weighted by molar-refractivity contribution is 0.00588. The van der Waals surface area contributed by atoms with Gasteiger partial charge in [0.05, 0.1) is 11.2 Å². The minimum atomic E-state index is -3.33. The van der Waals surface area contributed by atoms with Crippen LogP contribution >= 0.6 is 8.77 Å². The first-order valence-corrected chi connectivity index (χ1v) is 6.32. The zero-order chi connectivity index (χ0) is 12.1. The first kappa shape index (κ1) is 15.2. The monoisotopic (exact) mass is 242 g/mol. The van der Waals surface area contributed by atoms with Crippen LogP contribution in [-0.2, 0) is 4.52 Å². The third-order valence-electron chi connectivity index (χ3n) is 2.99. The molecule has 0 fully saturated rings. The van der Waals surface area contributed by atoms with E-state index < -0.39 is 20.0 Å². The Bertz CT molecular complexity index is 188. The van der Waals surface area contributed by atoms with Crippen molar-refractivity contribution in [3.8, 4) is 0 Å². The Labute approximate surface area is 92.1 Å². The molecule has 0 aliphatic heterocycles. The van der Waals surface area contributed by atoms with Crippen molar-refractivity contribution in [1.82, 2.24) is 0 Å². The minimum absolute atomic E-state index is 0.455. The van der Waals surface area contributed by atoms with E-state index in [2.05, 4.69) is 4.52 Å². The van der Waals surface area contributed by atoms with Gasteiger partial charge in [0.25, 0.3) is 0 Å². The summed E-state index contributed by atoms with van der Waals surface area (Å²) in [5.41, 5.74) is -1.59. The average molecular weight is 242 g/mol. The third-order valence-corrected chi connectivity index (χ3v) is 3.57. The Morgan fingerprint density at radius 2 is 1.67 bits per heavy atom. The third kappa shape index (κ3) is 6.39. The molecule has 0 amide bonds. The molecule has 0 rings (SSSR count). The van der Waals surface area contributed by atoms with Gasteiger partial charge in [-0.15, -0.1) is 0 Å². The van der Waals surface area contributed by atoms with Crippen LogP contribution in [0.15, 0.2) is 0 Å². The van der Waals surface area contributed by atoms with Crippen LogP contribution in [0.5, 0.6) is 0 Å². The maximum absolute atomic E-state index is 12.2. The van der Waals surface area contributed by atoms with E-state index in [1.807, 2.05) is 13.8 Å². The molecule has 0 saturated carbocycles. The van der Waals surface area contributed by atoms with Crippen LogP contribution in [0, 0.1) is 0 Å². The highest BCUT2D eigenvalue weighted by Gasteiger charge is 2.31. The Balaban J connectivity index is 4.20. The van der Waals surface area contributed by atoms with Crippen molar-refractivity contribution in [2.45, 2.75) is 64.6 Å². The second kappa shape index (κ2) is 6.07. The molecule has 0 aromatic carbocycles. The van der Waals surface area contributed by atoms with E-state index in [1.54, 1.807) is 13.8 Å². The predicted molar refractivity (Wildman–Crippen MR) is 59.1 cm³/mol. The standard InChI is InChI=1S/C10H21F2O2P/c1-5-9(3,13)7-8-10(4,6-2)14-15(11)12/h13H,5-8H2,1-4H3. The molecule has 92 valence electrons. The maximum atomic E-state index is 12.2. The molecule has 0 radical (unpaired) electrons. The van der Waals surface area contributed by atoms with Gasteiger partial charge in [-0.3, -0.25) is 4.52 Å². The Morgan fingerprint density at radius 3 is 2.00 bits per heavy atom. The molecule has 2 unspecified atom stereocenters. The topological polar surface area (TPSA) is 29.5 Å². The van der Waals surface area contributed by atoms with Crippen LogP contribution in [-0.4, -0.2) is 16.3 Å². The SMILES string of the molecule is CCC(C)(O)CCC(C)(CC)OP(F)F. The van der Waals surface area contributed by atoms with E-state index >= 15 is 0 Å². The molecule has 5 heteroatoms. The van der Waals surface area contributed by atoms with E-state index in [9.17, 15) is 13.5 Å². The van der Waals surface area contributed by atoms with Gasteiger partial charge in [0.2, 0.25) is 0 Å². The average Bonchev–Trinajstić information content (AvgIpc) is 2.14. The van der Waals surface area contributed by atoms with Crippen molar-refractivity contribution in [1.29, 1.82) is 0 Å². The number of hydrogen-bond acceptors (Lipinski definition) is 2. The second-order valence-corrected chi connectivity index (χ2v) is 5.03. The number of hydrogen-bond donors (Lipinski definition) is 1. The van der Waals surface area contributed by atoms with Gasteiger partial charge in [0.1, 0.15) is 0 Å². The molecule has 0 heterocycles. The predicted octanol–water partition coefficient (Wildman–Crippen LogP) is 4.28. The van der Waals surface area contributed by atoms with Crippen LogP contribution < -0.4 is 0 Å². The quantitative estimate of drug-likeness (QED) is 0.675. The van der Waals surface area contributed by atoms with Gasteiger partial charge in [0, 0.05) is 0 Å². The fraction of sp³-hybridized carbons (Fsp3) is 1.00. The molecular weight excluding hydrogens is 221 g/mol. The molecule has 0 aliphatic rings. The molecular formula is C10H21F2O2P. The van der Waals surface area contributed by atoms with E-state index in [4.69, 9.17) is 0 Å². The molecule has 0 aromatic rings. The minimum Gasteiger partial charge on any atom is -0.390 e. The van der Waals surface area contributed by atoms with Crippen molar-refractivity contribution in [3.05, 3.63) is 0 Å². The highest BCUT2D eigenvalue weighted by atomic mass is 31.2. The van der Waals surface area contributed by atoms with E-state index in [0.29, 0.717) is 25.7 Å². The Kier molecular flexibility index (Phi) is 6.16. The molecule has 0 bridgehead atoms. The molecule has 0 aromatic heterocycles. The zero-order valence-corrected chi connectivity index (χ0v) is 10.8. The van der Waals surface area contributed by atoms with Crippen LogP contribution in [0.4, 0.5) is 8.39 Å². The van der Waals surface area contributed by atoms with E-state index in [0.717, 1.165) is 0 Å². The summed E-state index contributed by atoms with van der Waals surface area (Å²) in [6, 6.07) is 0. The van der Waals surface area contributed by atoms with Gasteiger partial charge >= 0.3 is 8.77 Å². The van der Waals surface area contributed by atoms with E-state index in [1.165, 1.54) is 0 Å². The zero-order valence-electron chi connectivity index (χ0n) is 9.89. The summed E-state index contributed by atoms with van der Waals surface area (Å²) in [4.78, 5) is 0. The van der Waals surface area contributed by atoms with Gasteiger partial charge < -0.3 is 5.11 Å². The number of aliphatic hydroxyl groups is 1. The van der Waals surface area contributed by atoms with E-state index in [-0.39, 0.29) is 0 Å². The van der Waals surface area contributed by atoms with Crippen molar-refractivity contribution in [3.63, 3.8) is 0 Å². The fourth-order valence-corrected chi connectivity index (χ4v) is 1.72. The molecule has 0 spiro atoms. The van der Waals surface area contributed by atoms with Gasteiger partial charge in [0.15, 0.2) is 0 Å². The van der Waals surface area contributed by atoms with Crippen molar-refractivity contribution in [2.24, 2.45) is 0 Å². The highest BCUT2D eigenvalue weighted by molar-refractivity contribution is 7.40. The van der Waals surface area contributed by atoms with Crippen LogP contribution in [0.25, 0.3) is 0 Å². The van der Waals surface area contributed by atoms with Crippen molar-refractivity contribution < 1.29 is 18.0 Å². The molecule has 15 heavy (non-hydrogen) atoms. The summed E-state index contributed by atoms with van der Waals surface area (Å²) < 4.78 is 29.0. The van der Waals surface area contributed by atoms with Gasteiger partial charge in [-0.1, -0.05) is 13.8 Å². The van der Waals surface area contributed by atoms with Crippen molar-refractivity contribution in [2.75, 3.05) is 0 Å². The molecule has 0 aliphatic carbocycles. The lowest BCUT2D eigenvalue weighted by atomic mass is 9.89.